The van der Waals surface area contributed by atoms with E-state index in [0.29, 0.717) is 16.7 Å². The molecule has 0 heterocycles. The van der Waals surface area contributed by atoms with Crippen LogP contribution in [0, 0.1) is 22.7 Å². The van der Waals surface area contributed by atoms with Crippen molar-refractivity contribution in [2.75, 3.05) is 0 Å². The van der Waals surface area contributed by atoms with Crippen molar-refractivity contribution >= 4 is 0 Å². The summed E-state index contributed by atoms with van der Waals surface area (Å²) >= 11 is 0. The van der Waals surface area contributed by atoms with Crippen molar-refractivity contribution in [1.29, 1.82) is 0 Å². The Balaban J connectivity index is 2.37. The van der Waals surface area contributed by atoms with Crippen molar-refractivity contribution in [3.63, 3.8) is 0 Å². The Hall–Kier alpha value is -0.520. The third kappa shape index (κ3) is 1.33. The number of allylic oxidation sites excluding steroid dienone is 2. The van der Waals surface area contributed by atoms with Gasteiger partial charge in [0.05, 0.1) is 0 Å². The molecule has 0 radical (unpaired) electrons. The van der Waals surface area contributed by atoms with Gasteiger partial charge in [0.2, 0.25) is 0 Å². The maximum Gasteiger partial charge on any atom is -0.00834 e. The Morgan fingerprint density at radius 3 is 2.53 bits per heavy atom. The van der Waals surface area contributed by atoms with Crippen molar-refractivity contribution in [2.24, 2.45) is 22.7 Å². The van der Waals surface area contributed by atoms with E-state index < -0.39 is 0 Å². The summed E-state index contributed by atoms with van der Waals surface area (Å²) in [5, 5.41) is 0. The Morgan fingerprint density at radius 1 is 1.27 bits per heavy atom. The van der Waals surface area contributed by atoms with Crippen molar-refractivity contribution in [3.8, 4) is 0 Å². The fourth-order valence-electron chi connectivity index (χ4n) is 3.71. The largest absolute Gasteiger partial charge is 0.103 e. The van der Waals surface area contributed by atoms with Crippen LogP contribution in [0.1, 0.15) is 46.5 Å². The predicted molar refractivity (Wildman–Crippen MR) is 66.7 cm³/mol. The lowest BCUT2D eigenvalue weighted by atomic mass is 9.49. The van der Waals surface area contributed by atoms with Gasteiger partial charge in [-0.2, -0.15) is 0 Å². The first kappa shape index (κ1) is 11.0. The molecular weight excluding hydrogens is 180 g/mol. The van der Waals surface area contributed by atoms with Gasteiger partial charge in [0, 0.05) is 0 Å². The maximum atomic E-state index is 4.42. The average molecular weight is 204 g/mol. The van der Waals surface area contributed by atoms with Crippen LogP contribution in [0.5, 0.6) is 0 Å². The van der Waals surface area contributed by atoms with E-state index in [1.54, 1.807) is 0 Å². The smallest absolute Gasteiger partial charge is 0.00834 e. The van der Waals surface area contributed by atoms with E-state index in [0.717, 1.165) is 5.92 Å². The lowest BCUT2D eigenvalue weighted by Gasteiger charge is -2.56. The van der Waals surface area contributed by atoms with Gasteiger partial charge in [-0.3, -0.25) is 0 Å². The van der Waals surface area contributed by atoms with Crippen LogP contribution in [0.25, 0.3) is 0 Å². The third-order valence-corrected chi connectivity index (χ3v) is 5.58. The first-order valence-electron chi connectivity index (χ1n) is 6.27. The fourth-order valence-corrected chi connectivity index (χ4v) is 3.71. The number of hydrogen-bond acceptors (Lipinski definition) is 0. The lowest BCUT2D eigenvalue weighted by molar-refractivity contribution is 0.0466. The minimum Gasteiger partial charge on any atom is -0.103 e. The molecule has 0 amide bonds. The van der Waals surface area contributed by atoms with Crippen LogP contribution < -0.4 is 0 Å². The van der Waals surface area contributed by atoms with E-state index in [-0.39, 0.29) is 0 Å². The van der Waals surface area contributed by atoms with Crippen molar-refractivity contribution < 1.29 is 0 Å². The molecular formula is C15H24. The molecule has 2 bridgehead atoms. The molecule has 0 nitrogen and oxygen atoms in total. The second-order valence-corrected chi connectivity index (χ2v) is 6.18. The molecule has 0 aromatic carbocycles. The zero-order valence-electron chi connectivity index (χ0n) is 10.5. The molecule has 2 saturated carbocycles. The Labute approximate surface area is 94.5 Å². The van der Waals surface area contributed by atoms with Crippen LogP contribution in [-0.2, 0) is 0 Å². The standard InChI is InChI=1S/C15H24/c1-6-14(4)9-10-15(5)11(2)7-8-13(14)12(15)3/h6,11,13H,1,3,7-10H2,2,4-5H3/t11-,13-,14+,15+/m1/s1. The first-order chi connectivity index (χ1) is 6.94. The van der Waals surface area contributed by atoms with E-state index in [4.69, 9.17) is 0 Å². The molecule has 0 unspecified atom stereocenters. The van der Waals surface area contributed by atoms with Crippen LogP contribution in [0.2, 0.25) is 0 Å². The normalized spacial score (nSPS) is 50.2. The second-order valence-electron chi connectivity index (χ2n) is 6.18. The highest BCUT2D eigenvalue weighted by Gasteiger charge is 2.50. The predicted octanol–water partition coefficient (Wildman–Crippen LogP) is 4.58. The fraction of sp³-hybridized carbons (Fsp3) is 0.733. The number of hydrogen-bond donors (Lipinski definition) is 0. The molecule has 2 rings (SSSR count). The van der Waals surface area contributed by atoms with Gasteiger partial charge in [0.25, 0.3) is 0 Å². The van der Waals surface area contributed by atoms with E-state index in [1.807, 2.05) is 0 Å². The molecule has 0 heteroatoms. The summed E-state index contributed by atoms with van der Waals surface area (Å²) in [5.41, 5.74) is 2.23. The monoisotopic (exact) mass is 204 g/mol. The molecule has 2 aliphatic carbocycles. The minimum atomic E-state index is 0.316. The molecule has 0 aromatic rings. The van der Waals surface area contributed by atoms with E-state index in [9.17, 15) is 0 Å². The van der Waals surface area contributed by atoms with Crippen molar-refractivity contribution in [3.05, 3.63) is 24.8 Å². The molecule has 0 spiro atoms. The molecule has 4 atom stereocenters. The van der Waals surface area contributed by atoms with Gasteiger partial charge in [-0.1, -0.05) is 39.0 Å². The van der Waals surface area contributed by atoms with Gasteiger partial charge in [-0.15, -0.1) is 6.58 Å². The average Bonchev–Trinajstić information content (AvgIpc) is 2.22. The zero-order valence-corrected chi connectivity index (χ0v) is 10.5. The highest BCUT2D eigenvalue weighted by molar-refractivity contribution is 5.25. The van der Waals surface area contributed by atoms with Crippen molar-refractivity contribution in [2.45, 2.75) is 46.5 Å². The number of rotatable bonds is 1. The molecule has 0 saturated heterocycles. The highest BCUT2D eigenvalue weighted by atomic mass is 14.5. The van der Waals surface area contributed by atoms with Crippen LogP contribution in [0.3, 0.4) is 0 Å². The topological polar surface area (TPSA) is 0 Å². The van der Waals surface area contributed by atoms with Gasteiger partial charge in [0.15, 0.2) is 0 Å². The summed E-state index contributed by atoms with van der Waals surface area (Å²) in [6.07, 6.45) is 7.45. The van der Waals surface area contributed by atoms with E-state index in [2.05, 4.69) is 40.0 Å². The lowest BCUT2D eigenvalue weighted by Crippen LogP contribution is -2.46. The summed E-state index contributed by atoms with van der Waals surface area (Å²) in [7, 11) is 0. The number of fused-ring (bicyclic) bond motifs is 2. The first-order valence-corrected chi connectivity index (χ1v) is 6.27. The molecule has 0 aliphatic heterocycles. The molecule has 0 aromatic heterocycles. The summed E-state index contributed by atoms with van der Waals surface area (Å²) < 4.78 is 0. The van der Waals surface area contributed by atoms with E-state index in [1.165, 1.54) is 31.3 Å². The van der Waals surface area contributed by atoms with Crippen molar-refractivity contribution in [1.82, 2.24) is 0 Å². The minimum absolute atomic E-state index is 0.316. The second kappa shape index (κ2) is 3.23. The molecule has 84 valence electrons. The Bertz CT molecular complexity index is 301. The highest BCUT2D eigenvalue weighted by Crippen LogP contribution is 2.60. The van der Waals surface area contributed by atoms with E-state index >= 15 is 0 Å². The maximum absolute atomic E-state index is 4.42. The Morgan fingerprint density at radius 2 is 1.93 bits per heavy atom. The van der Waals surface area contributed by atoms with Crippen LogP contribution in [0.15, 0.2) is 24.8 Å². The van der Waals surface area contributed by atoms with Gasteiger partial charge < -0.3 is 0 Å². The molecule has 0 N–H and O–H groups in total. The quantitative estimate of drug-likeness (QED) is 0.548. The van der Waals surface area contributed by atoms with Crippen LogP contribution in [0.4, 0.5) is 0 Å². The van der Waals surface area contributed by atoms with Gasteiger partial charge in [-0.05, 0) is 48.3 Å². The molecule has 2 aliphatic rings. The molecule has 15 heavy (non-hydrogen) atoms. The SMILES string of the molecule is C=C[C@@]1(C)CC[C@]2(C)C(=C)[C@H]1CC[C@H]2C. The van der Waals surface area contributed by atoms with Crippen LogP contribution in [-0.4, -0.2) is 0 Å². The summed E-state index contributed by atoms with van der Waals surface area (Å²) in [4.78, 5) is 0. The Kier molecular flexibility index (Phi) is 2.37. The summed E-state index contributed by atoms with van der Waals surface area (Å²) in [5.74, 6) is 1.50. The zero-order chi connectivity index (χ0) is 11.3. The third-order valence-electron chi connectivity index (χ3n) is 5.58. The van der Waals surface area contributed by atoms with Crippen LogP contribution >= 0.6 is 0 Å². The van der Waals surface area contributed by atoms with Gasteiger partial charge in [0.1, 0.15) is 0 Å². The summed E-state index contributed by atoms with van der Waals surface area (Å²) in [6, 6.07) is 0. The molecule has 2 fully saturated rings. The summed E-state index contributed by atoms with van der Waals surface area (Å²) in [6.45, 7) is 15.6. The van der Waals surface area contributed by atoms with Gasteiger partial charge >= 0.3 is 0 Å². The van der Waals surface area contributed by atoms with Gasteiger partial charge in [-0.25, -0.2) is 0 Å².